The highest BCUT2D eigenvalue weighted by atomic mass is 19.4. The SMILES string of the molecule is Cc1ccc([C@@]2(c3ccccc3)NC(=O)N(CN3CCC[C@@H](C(F)(F)F)C3)C2=O)cc1C. The Morgan fingerprint density at radius 3 is 2.41 bits per heavy atom. The first-order valence-corrected chi connectivity index (χ1v) is 10.7. The maximum Gasteiger partial charge on any atom is 0.393 e. The quantitative estimate of drug-likeness (QED) is 0.713. The van der Waals surface area contributed by atoms with Crippen LogP contribution in [0.5, 0.6) is 0 Å². The Kier molecular flexibility index (Phi) is 5.75. The van der Waals surface area contributed by atoms with E-state index < -0.39 is 29.6 Å². The number of imide groups is 1. The van der Waals surface area contributed by atoms with Crippen molar-refractivity contribution in [3.8, 4) is 0 Å². The molecule has 0 bridgehead atoms. The molecule has 0 unspecified atom stereocenters. The first kappa shape index (κ1) is 22.3. The minimum Gasteiger partial charge on any atom is -0.315 e. The molecule has 0 aromatic heterocycles. The number of amides is 3. The van der Waals surface area contributed by atoms with Gasteiger partial charge < -0.3 is 5.32 Å². The second-order valence-corrected chi connectivity index (χ2v) is 8.68. The highest BCUT2D eigenvalue weighted by Gasteiger charge is 2.54. The molecule has 2 aromatic rings. The number of aryl methyl sites for hydroxylation is 2. The zero-order valence-electron chi connectivity index (χ0n) is 18.1. The van der Waals surface area contributed by atoms with Gasteiger partial charge in [0.15, 0.2) is 5.54 Å². The average molecular weight is 445 g/mol. The number of nitrogens with zero attached hydrogens (tertiary/aromatic N) is 2. The molecule has 0 aliphatic carbocycles. The van der Waals surface area contributed by atoms with Crippen LogP contribution in [0.1, 0.15) is 35.1 Å². The number of piperidine rings is 1. The van der Waals surface area contributed by atoms with E-state index in [1.54, 1.807) is 29.2 Å². The highest BCUT2D eigenvalue weighted by Crippen LogP contribution is 2.38. The second-order valence-electron chi connectivity index (χ2n) is 8.68. The van der Waals surface area contributed by atoms with Crippen molar-refractivity contribution >= 4 is 11.9 Å². The molecule has 1 N–H and O–H groups in total. The van der Waals surface area contributed by atoms with E-state index in [-0.39, 0.29) is 19.6 Å². The van der Waals surface area contributed by atoms with E-state index in [0.717, 1.165) is 16.0 Å². The molecule has 8 heteroatoms. The smallest absolute Gasteiger partial charge is 0.315 e. The minimum absolute atomic E-state index is 0.0662. The Bertz CT molecular complexity index is 1020. The van der Waals surface area contributed by atoms with E-state index in [2.05, 4.69) is 5.32 Å². The summed E-state index contributed by atoms with van der Waals surface area (Å²) < 4.78 is 39.7. The molecule has 2 atom stereocenters. The summed E-state index contributed by atoms with van der Waals surface area (Å²) in [5.41, 5.74) is 1.84. The lowest BCUT2D eigenvalue weighted by Gasteiger charge is -2.35. The van der Waals surface area contributed by atoms with E-state index in [9.17, 15) is 22.8 Å². The average Bonchev–Trinajstić information content (AvgIpc) is 3.01. The van der Waals surface area contributed by atoms with Crippen molar-refractivity contribution in [2.45, 2.75) is 38.4 Å². The van der Waals surface area contributed by atoms with Gasteiger partial charge in [-0.25, -0.2) is 9.69 Å². The number of alkyl halides is 3. The van der Waals surface area contributed by atoms with Crippen LogP contribution in [0.3, 0.4) is 0 Å². The predicted octanol–water partition coefficient (Wildman–Crippen LogP) is 4.33. The number of hydrogen-bond donors (Lipinski definition) is 1. The largest absolute Gasteiger partial charge is 0.393 e. The Balaban J connectivity index is 1.69. The standard InChI is InChI=1S/C24H26F3N3O2/c1-16-10-11-19(13-17(16)2)23(18-7-4-3-5-8-18)21(31)30(22(32)28-23)15-29-12-6-9-20(14-29)24(25,26)27/h3-5,7-8,10-11,13,20H,6,9,12,14-15H2,1-2H3,(H,28,32)/t20-,23-/m1/s1. The second kappa shape index (κ2) is 8.24. The third kappa shape index (κ3) is 3.88. The molecule has 2 saturated heterocycles. The molecule has 2 aliphatic rings. The summed E-state index contributed by atoms with van der Waals surface area (Å²) in [6, 6.07) is 13.9. The summed E-state index contributed by atoms with van der Waals surface area (Å²) >= 11 is 0. The lowest BCUT2D eigenvalue weighted by atomic mass is 9.81. The number of rotatable bonds is 4. The number of likely N-dealkylation sites (tertiary alicyclic amines) is 1. The van der Waals surface area contributed by atoms with Crippen LogP contribution in [0.15, 0.2) is 48.5 Å². The molecule has 2 heterocycles. The Hall–Kier alpha value is -2.87. The van der Waals surface area contributed by atoms with Crippen molar-refractivity contribution in [1.29, 1.82) is 0 Å². The van der Waals surface area contributed by atoms with Crippen molar-refractivity contribution in [2.75, 3.05) is 19.8 Å². The van der Waals surface area contributed by atoms with Crippen LogP contribution in [0.25, 0.3) is 0 Å². The number of nitrogens with one attached hydrogen (secondary N) is 1. The maximum absolute atomic E-state index is 13.8. The van der Waals surface area contributed by atoms with E-state index in [1.807, 2.05) is 38.1 Å². The molecule has 2 aliphatic heterocycles. The van der Waals surface area contributed by atoms with Crippen LogP contribution in [-0.4, -0.2) is 47.7 Å². The van der Waals surface area contributed by atoms with Gasteiger partial charge in [0.1, 0.15) is 0 Å². The lowest BCUT2D eigenvalue weighted by molar-refractivity contribution is -0.187. The van der Waals surface area contributed by atoms with E-state index in [4.69, 9.17) is 0 Å². The van der Waals surface area contributed by atoms with Gasteiger partial charge in [0.25, 0.3) is 5.91 Å². The summed E-state index contributed by atoms with van der Waals surface area (Å²) in [6.45, 7) is 3.91. The molecule has 32 heavy (non-hydrogen) atoms. The van der Waals surface area contributed by atoms with E-state index in [0.29, 0.717) is 24.1 Å². The molecule has 2 fully saturated rings. The Morgan fingerprint density at radius 1 is 1.03 bits per heavy atom. The molecular weight excluding hydrogens is 419 g/mol. The third-order valence-electron chi connectivity index (χ3n) is 6.56. The molecule has 0 saturated carbocycles. The molecule has 0 radical (unpaired) electrons. The number of carbonyl (C=O) groups excluding carboxylic acids is 2. The van der Waals surface area contributed by atoms with E-state index in [1.165, 1.54) is 0 Å². The molecular formula is C24H26F3N3O2. The third-order valence-corrected chi connectivity index (χ3v) is 6.56. The van der Waals surface area contributed by atoms with Crippen LogP contribution in [-0.2, 0) is 10.3 Å². The summed E-state index contributed by atoms with van der Waals surface area (Å²) in [7, 11) is 0. The number of urea groups is 1. The van der Waals surface area contributed by atoms with Crippen molar-refractivity contribution in [3.63, 3.8) is 0 Å². The van der Waals surface area contributed by atoms with Crippen LogP contribution >= 0.6 is 0 Å². The van der Waals surface area contributed by atoms with Gasteiger partial charge in [-0.15, -0.1) is 0 Å². The van der Waals surface area contributed by atoms with Crippen LogP contribution in [0.2, 0.25) is 0 Å². The van der Waals surface area contributed by atoms with Crippen LogP contribution < -0.4 is 5.32 Å². The number of benzene rings is 2. The van der Waals surface area contributed by atoms with Crippen molar-refractivity contribution in [2.24, 2.45) is 5.92 Å². The van der Waals surface area contributed by atoms with Crippen LogP contribution in [0, 0.1) is 19.8 Å². The van der Waals surface area contributed by atoms with Gasteiger partial charge in [0.05, 0.1) is 12.6 Å². The van der Waals surface area contributed by atoms with Crippen molar-refractivity contribution in [3.05, 3.63) is 70.8 Å². The monoisotopic (exact) mass is 445 g/mol. The summed E-state index contributed by atoms with van der Waals surface area (Å²) in [4.78, 5) is 29.4. The van der Waals surface area contributed by atoms with Crippen molar-refractivity contribution in [1.82, 2.24) is 15.1 Å². The van der Waals surface area contributed by atoms with Crippen molar-refractivity contribution < 1.29 is 22.8 Å². The van der Waals surface area contributed by atoms with Gasteiger partial charge in [-0.3, -0.25) is 9.69 Å². The number of halogens is 3. The highest BCUT2D eigenvalue weighted by molar-refractivity contribution is 6.09. The normalized spacial score (nSPS) is 24.7. The topological polar surface area (TPSA) is 52.7 Å². The van der Waals surface area contributed by atoms with Crippen LogP contribution in [0.4, 0.5) is 18.0 Å². The lowest BCUT2D eigenvalue weighted by Crippen LogP contribution is -2.49. The fourth-order valence-electron chi connectivity index (χ4n) is 4.58. The Morgan fingerprint density at radius 2 is 1.75 bits per heavy atom. The zero-order chi connectivity index (χ0) is 23.1. The number of carbonyl (C=O) groups is 2. The van der Waals surface area contributed by atoms with E-state index >= 15 is 0 Å². The first-order chi connectivity index (χ1) is 15.1. The van der Waals surface area contributed by atoms with Gasteiger partial charge in [0.2, 0.25) is 0 Å². The Labute approximate surface area is 185 Å². The summed E-state index contributed by atoms with van der Waals surface area (Å²) in [5, 5.41) is 2.87. The van der Waals surface area contributed by atoms with Gasteiger partial charge in [-0.2, -0.15) is 13.2 Å². The summed E-state index contributed by atoms with van der Waals surface area (Å²) in [5.74, 6) is -1.93. The van der Waals surface area contributed by atoms with Gasteiger partial charge in [-0.05, 0) is 55.5 Å². The molecule has 0 spiro atoms. The zero-order valence-corrected chi connectivity index (χ0v) is 18.1. The molecule has 2 aromatic carbocycles. The molecule has 4 rings (SSSR count). The maximum atomic E-state index is 13.8. The minimum atomic E-state index is -4.29. The van der Waals surface area contributed by atoms with Gasteiger partial charge in [-0.1, -0.05) is 48.5 Å². The predicted molar refractivity (Wildman–Crippen MR) is 114 cm³/mol. The molecule has 3 amide bonds. The van der Waals surface area contributed by atoms with Gasteiger partial charge in [0, 0.05) is 6.54 Å². The molecule has 5 nitrogen and oxygen atoms in total. The summed E-state index contributed by atoms with van der Waals surface area (Å²) in [6.07, 6.45) is -3.85. The fraction of sp³-hybridized carbons (Fsp3) is 0.417. The first-order valence-electron chi connectivity index (χ1n) is 10.7. The number of hydrogen-bond acceptors (Lipinski definition) is 3. The fourth-order valence-corrected chi connectivity index (χ4v) is 4.58. The molecule has 170 valence electrons. The van der Waals surface area contributed by atoms with Gasteiger partial charge >= 0.3 is 12.2 Å².